The number of halogens is 2. The summed E-state index contributed by atoms with van der Waals surface area (Å²) in [6, 6.07) is 3.52. The van der Waals surface area contributed by atoms with Crippen molar-refractivity contribution in [1.29, 1.82) is 5.26 Å². The van der Waals surface area contributed by atoms with Gasteiger partial charge in [-0.1, -0.05) is 0 Å². The van der Waals surface area contributed by atoms with Crippen molar-refractivity contribution >= 4 is 18.8 Å². The number of rotatable bonds is 0. The van der Waals surface area contributed by atoms with E-state index >= 15 is 0 Å². The van der Waals surface area contributed by atoms with Gasteiger partial charge in [0.05, 0.1) is 11.8 Å². The SMILES string of the molecule is N.N#Cc1ccoc1.[Cl][Pt][Cl]. The van der Waals surface area contributed by atoms with Crippen LogP contribution in [-0.4, -0.2) is 0 Å². The first-order valence-electron chi connectivity index (χ1n) is 2.09. The van der Waals surface area contributed by atoms with Crippen molar-refractivity contribution in [3.8, 4) is 6.07 Å². The molecule has 0 aliphatic carbocycles. The summed E-state index contributed by atoms with van der Waals surface area (Å²) < 4.78 is 4.58. The molecule has 0 aliphatic rings. The summed E-state index contributed by atoms with van der Waals surface area (Å²) in [5.74, 6) is 0. The fraction of sp³-hybridized carbons (Fsp3) is 0. The minimum absolute atomic E-state index is 0. The van der Waals surface area contributed by atoms with Crippen LogP contribution in [0.3, 0.4) is 0 Å². The van der Waals surface area contributed by atoms with Gasteiger partial charge in [0.25, 0.3) is 0 Å². The van der Waals surface area contributed by atoms with Gasteiger partial charge in [-0.15, -0.1) is 0 Å². The summed E-state index contributed by atoms with van der Waals surface area (Å²) in [4.78, 5) is 0. The molecule has 1 rings (SSSR count). The monoisotopic (exact) mass is 375 g/mol. The molecule has 0 radical (unpaired) electrons. The first-order valence-corrected chi connectivity index (χ1v) is 7.73. The molecule has 0 atom stereocenters. The van der Waals surface area contributed by atoms with Gasteiger partial charge in [-0.2, -0.15) is 5.26 Å². The molecule has 0 unspecified atom stereocenters. The van der Waals surface area contributed by atoms with Crippen molar-refractivity contribution < 1.29 is 20.9 Å². The first kappa shape index (κ1) is 13.6. The van der Waals surface area contributed by atoms with Gasteiger partial charge in [-0.05, 0) is 6.07 Å². The van der Waals surface area contributed by atoms with Gasteiger partial charge in [0.15, 0.2) is 0 Å². The summed E-state index contributed by atoms with van der Waals surface area (Å²) in [6.45, 7) is 0. The quantitative estimate of drug-likeness (QED) is 0.757. The second kappa shape index (κ2) is 10.00. The van der Waals surface area contributed by atoms with E-state index in [4.69, 9.17) is 24.1 Å². The average Bonchev–Trinajstić information content (AvgIpc) is 2.39. The molecule has 66 valence electrons. The minimum atomic E-state index is -0.472. The second-order valence-electron chi connectivity index (χ2n) is 1.17. The average molecular weight is 376 g/mol. The van der Waals surface area contributed by atoms with Crippen molar-refractivity contribution in [3.05, 3.63) is 24.2 Å². The Hall–Kier alpha value is -0.00169. The van der Waals surface area contributed by atoms with E-state index in [1.54, 1.807) is 6.07 Å². The molecule has 0 amide bonds. The van der Waals surface area contributed by atoms with Crippen molar-refractivity contribution in [2.24, 2.45) is 0 Å². The summed E-state index contributed by atoms with van der Waals surface area (Å²) in [6.07, 6.45) is 2.87. The standard InChI is InChI=1S/C5H3NO.2ClH.H3N.Pt/c6-3-5-1-2-7-4-5;;;;/h1-2,4H;2*1H;1H3;/q;;;;+2/p-2. The van der Waals surface area contributed by atoms with E-state index in [0.717, 1.165) is 0 Å². The molecule has 0 saturated carbocycles. The van der Waals surface area contributed by atoms with Crippen molar-refractivity contribution in [2.45, 2.75) is 0 Å². The molecular weight excluding hydrogens is 370 g/mol. The van der Waals surface area contributed by atoms with E-state index in [-0.39, 0.29) is 6.15 Å². The Kier molecular flexibility index (Phi) is 12.3. The van der Waals surface area contributed by atoms with E-state index < -0.39 is 16.5 Å². The van der Waals surface area contributed by atoms with Crippen molar-refractivity contribution in [1.82, 2.24) is 6.15 Å². The van der Waals surface area contributed by atoms with Crippen LogP contribution in [0.5, 0.6) is 0 Å². The van der Waals surface area contributed by atoms with Gasteiger partial charge in [-0.3, -0.25) is 0 Å². The summed E-state index contributed by atoms with van der Waals surface area (Å²) in [7, 11) is 9.75. The van der Waals surface area contributed by atoms with Crippen LogP contribution < -0.4 is 6.15 Å². The molecule has 0 aromatic carbocycles. The zero-order valence-electron chi connectivity index (χ0n) is 5.37. The van der Waals surface area contributed by atoms with Gasteiger partial charge in [0, 0.05) is 0 Å². The third-order valence-electron chi connectivity index (χ3n) is 0.650. The Labute approximate surface area is 81.3 Å². The Morgan fingerprint density at radius 1 is 1.55 bits per heavy atom. The fourth-order valence-electron chi connectivity index (χ4n) is 0.328. The van der Waals surface area contributed by atoms with Crippen LogP contribution in [0.1, 0.15) is 5.56 Å². The molecule has 11 heavy (non-hydrogen) atoms. The van der Waals surface area contributed by atoms with Crippen molar-refractivity contribution in [3.63, 3.8) is 0 Å². The van der Waals surface area contributed by atoms with Gasteiger partial charge in [0.1, 0.15) is 12.3 Å². The Balaban J connectivity index is 0. The molecule has 1 aromatic rings. The number of nitriles is 1. The first-order chi connectivity index (χ1) is 4.85. The molecule has 0 bridgehead atoms. The number of furan rings is 1. The molecular formula is C5H6Cl2N2OPt. The van der Waals surface area contributed by atoms with E-state index in [1.165, 1.54) is 12.5 Å². The maximum absolute atomic E-state index is 8.12. The molecule has 6 heteroatoms. The molecule has 3 nitrogen and oxygen atoms in total. The zero-order valence-corrected chi connectivity index (χ0v) is 9.15. The fourth-order valence-corrected chi connectivity index (χ4v) is 0.328. The third-order valence-corrected chi connectivity index (χ3v) is 0.650. The van der Waals surface area contributed by atoms with Crippen LogP contribution >= 0.6 is 18.8 Å². The van der Waals surface area contributed by atoms with Crippen LogP contribution in [0.4, 0.5) is 0 Å². The Morgan fingerprint density at radius 3 is 2.27 bits per heavy atom. The molecule has 0 spiro atoms. The van der Waals surface area contributed by atoms with Gasteiger partial charge >= 0.3 is 35.3 Å². The van der Waals surface area contributed by atoms with E-state index in [9.17, 15) is 0 Å². The van der Waals surface area contributed by atoms with Gasteiger partial charge in [-0.25, -0.2) is 0 Å². The van der Waals surface area contributed by atoms with Crippen LogP contribution in [-0.2, 0) is 16.5 Å². The Bertz CT molecular complexity index is 197. The summed E-state index contributed by atoms with van der Waals surface area (Å²) >= 11 is -0.472. The summed E-state index contributed by atoms with van der Waals surface area (Å²) in [5, 5.41) is 8.12. The molecule has 1 heterocycles. The second-order valence-corrected chi connectivity index (χ2v) is 4.45. The molecule has 3 N–H and O–H groups in total. The van der Waals surface area contributed by atoms with Crippen LogP contribution in [0, 0.1) is 11.3 Å². The predicted octanol–water partition coefficient (Wildman–Crippen LogP) is 2.69. The third kappa shape index (κ3) is 7.90. The normalized spacial score (nSPS) is 7.00. The van der Waals surface area contributed by atoms with E-state index in [1.807, 2.05) is 6.07 Å². The predicted molar refractivity (Wildman–Crippen MR) is 40.2 cm³/mol. The summed E-state index contributed by atoms with van der Waals surface area (Å²) in [5.41, 5.74) is 0.569. The molecule has 0 fully saturated rings. The van der Waals surface area contributed by atoms with Gasteiger partial charge < -0.3 is 10.6 Å². The topological polar surface area (TPSA) is 71.9 Å². The van der Waals surface area contributed by atoms with Crippen LogP contribution in [0.15, 0.2) is 23.0 Å². The number of hydrogen-bond acceptors (Lipinski definition) is 3. The molecule has 0 saturated heterocycles. The van der Waals surface area contributed by atoms with Crippen LogP contribution in [0.2, 0.25) is 0 Å². The van der Waals surface area contributed by atoms with Crippen LogP contribution in [0.25, 0.3) is 0 Å². The molecule has 1 aromatic heterocycles. The number of hydrogen-bond donors (Lipinski definition) is 1. The van der Waals surface area contributed by atoms with Gasteiger partial charge in [0.2, 0.25) is 0 Å². The van der Waals surface area contributed by atoms with E-state index in [2.05, 4.69) is 4.42 Å². The Morgan fingerprint density at radius 2 is 2.09 bits per heavy atom. The van der Waals surface area contributed by atoms with E-state index in [0.29, 0.717) is 5.56 Å². The number of nitrogens with zero attached hydrogens (tertiary/aromatic N) is 1. The maximum atomic E-state index is 8.12. The van der Waals surface area contributed by atoms with Crippen molar-refractivity contribution in [2.75, 3.05) is 0 Å². The zero-order chi connectivity index (χ0) is 7.82. The molecule has 0 aliphatic heterocycles.